The van der Waals surface area contributed by atoms with E-state index >= 15 is 0 Å². The summed E-state index contributed by atoms with van der Waals surface area (Å²) in [5, 5.41) is 2.70. The minimum Gasteiger partial charge on any atom is -0.461 e. The molecule has 0 heterocycles. The standard InChI is InChI=1S/C15H25NO4/c1-7-8-20-12(18)9-10(2)14(19)16-13(11(3)17)15(4,5)6/h7,10,13H,1,8-9H2,2-6H3,(H,16,19)/t10-,13-/m1/s1. The van der Waals surface area contributed by atoms with E-state index in [1.165, 1.54) is 13.0 Å². The Balaban J connectivity index is 4.54. The van der Waals surface area contributed by atoms with Crippen molar-refractivity contribution in [3.8, 4) is 0 Å². The molecule has 0 aromatic heterocycles. The van der Waals surface area contributed by atoms with Gasteiger partial charge < -0.3 is 10.1 Å². The monoisotopic (exact) mass is 283 g/mol. The summed E-state index contributed by atoms with van der Waals surface area (Å²) in [5.41, 5.74) is -0.370. The van der Waals surface area contributed by atoms with Crippen LogP contribution in [0.4, 0.5) is 0 Å². The van der Waals surface area contributed by atoms with Gasteiger partial charge in [0.25, 0.3) is 0 Å². The smallest absolute Gasteiger partial charge is 0.306 e. The Morgan fingerprint density at radius 2 is 1.85 bits per heavy atom. The lowest BCUT2D eigenvalue weighted by atomic mass is 9.84. The van der Waals surface area contributed by atoms with Crippen molar-refractivity contribution in [1.82, 2.24) is 5.32 Å². The average molecular weight is 283 g/mol. The van der Waals surface area contributed by atoms with Crippen LogP contribution in [0.2, 0.25) is 0 Å². The maximum atomic E-state index is 12.0. The van der Waals surface area contributed by atoms with Crippen molar-refractivity contribution in [2.24, 2.45) is 11.3 Å². The molecule has 0 rings (SSSR count). The molecule has 0 aliphatic carbocycles. The number of rotatable bonds is 7. The van der Waals surface area contributed by atoms with Crippen LogP contribution in [-0.4, -0.2) is 30.3 Å². The molecule has 0 aliphatic rings. The molecule has 0 saturated carbocycles. The predicted molar refractivity (Wildman–Crippen MR) is 77.0 cm³/mol. The number of ketones is 1. The van der Waals surface area contributed by atoms with Gasteiger partial charge in [-0.25, -0.2) is 0 Å². The van der Waals surface area contributed by atoms with Gasteiger partial charge in [0.15, 0.2) is 5.78 Å². The average Bonchev–Trinajstić information content (AvgIpc) is 2.30. The summed E-state index contributed by atoms with van der Waals surface area (Å²) in [4.78, 5) is 35.0. The van der Waals surface area contributed by atoms with Crippen molar-refractivity contribution in [3.05, 3.63) is 12.7 Å². The van der Waals surface area contributed by atoms with Crippen LogP contribution in [0.3, 0.4) is 0 Å². The molecule has 20 heavy (non-hydrogen) atoms. The van der Waals surface area contributed by atoms with Gasteiger partial charge in [0.2, 0.25) is 5.91 Å². The molecule has 0 radical (unpaired) electrons. The second-order valence-corrected chi connectivity index (χ2v) is 6.00. The van der Waals surface area contributed by atoms with Crippen LogP contribution in [0.5, 0.6) is 0 Å². The number of amides is 1. The number of hydrogen-bond acceptors (Lipinski definition) is 4. The second-order valence-electron chi connectivity index (χ2n) is 6.00. The summed E-state index contributed by atoms with van der Waals surface area (Å²) in [6, 6.07) is -0.568. The third kappa shape index (κ3) is 6.50. The van der Waals surface area contributed by atoms with Crippen LogP contribution in [0, 0.1) is 11.3 Å². The second kappa shape index (κ2) is 7.82. The first-order valence-electron chi connectivity index (χ1n) is 6.67. The predicted octanol–water partition coefficient (Wildman–Crippen LogP) is 1.86. The summed E-state index contributed by atoms with van der Waals surface area (Å²) in [7, 11) is 0. The van der Waals surface area contributed by atoms with E-state index in [0.717, 1.165) is 0 Å². The van der Waals surface area contributed by atoms with Gasteiger partial charge in [-0.1, -0.05) is 40.3 Å². The van der Waals surface area contributed by atoms with Crippen molar-refractivity contribution in [2.75, 3.05) is 6.61 Å². The van der Waals surface area contributed by atoms with Gasteiger partial charge in [-0.15, -0.1) is 0 Å². The lowest BCUT2D eigenvalue weighted by Gasteiger charge is -2.30. The molecule has 0 unspecified atom stereocenters. The van der Waals surface area contributed by atoms with Gasteiger partial charge >= 0.3 is 5.97 Å². The normalized spacial score (nSPS) is 14.1. The summed E-state index contributed by atoms with van der Waals surface area (Å²) in [6.45, 7) is 12.3. The van der Waals surface area contributed by atoms with Crippen LogP contribution in [0.1, 0.15) is 41.0 Å². The highest BCUT2D eigenvalue weighted by Gasteiger charge is 2.31. The molecule has 0 spiro atoms. The number of carbonyl (C=O) groups excluding carboxylic acids is 3. The van der Waals surface area contributed by atoms with Crippen LogP contribution < -0.4 is 5.32 Å². The fraction of sp³-hybridized carbons (Fsp3) is 0.667. The minimum absolute atomic E-state index is 0.0194. The number of Topliss-reactive ketones (excluding diaryl/α,β-unsaturated/α-hetero) is 1. The van der Waals surface area contributed by atoms with Crippen LogP contribution in [0.25, 0.3) is 0 Å². The summed E-state index contributed by atoms with van der Waals surface area (Å²) < 4.78 is 4.83. The van der Waals surface area contributed by atoms with Crippen LogP contribution >= 0.6 is 0 Å². The van der Waals surface area contributed by atoms with E-state index in [1.807, 2.05) is 20.8 Å². The van der Waals surface area contributed by atoms with Crippen molar-refractivity contribution in [2.45, 2.75) is 47.1 Å². The zero-order valence-corrected chi connectivity index (χ0v) is 13.0. The van der Waals surface area contributed by atoms with Crippen molar-refractivity contribution >= 4 is 17.7 Å². The lowest BCUT2D eigenvalue weighted by Crippen LogP contribution is -2.49. The van der Waals surface area contributed by atoms with E-state index in [-0.39, 0.29) is 30.1 Å². The molecule has 2 atom stereocenters. The Morgan fingerprint density at radius 3 is 2.25 bits per heavy atom. The topological polar surface area (TPSA) is 72.5 Å². The highest BCUT2D eigenvalue weighted by Crippen LogP contribution is 2.20. The molecule has 0 aliphatic heterocycles. The number of ether oxygens (including phenoxy) is 1. The van der Waals surface area contributed by atoms with E-state index < -0.39 is 17.9 Å². The van der Waals surface area contributed by atoms with E-state index in [2.05, 4.69) is 11.9 Å². The van der Waals surface area contributed by atoms with Crippen LogP contribution in [0.15, 0.2) is 12.7 Å². The molecule has 1 N–H and O–H groups in total. The van der Waals surface area contributed by atoms with E-state index in [4.69, 9.17) is 4.74 Å². The fourth-order valence-corrected chi connectivity index (χ4v) is 1.77. The molecule has 5 heteroatoms. The Hall–Kier alpha value is -1.65. The van der Waals surface area contributed by atoms with Gasteiger partial charge in [-0.2, -0.15) is 0 Å². The van der Waals surface area contributed by atoms with Crippen molar-refractivity contribution in [1.29, 1.82) is 0 Å². The number of nitrogens with one attached hydrogen (secondary N) is 1. The Bertz CT molecular complexity index is 382. The van der Waals surface area contributed by atoms with Gasteiger partial charge in [0.1, 0.15) is 6.61 Å². The zero-order valence-electron chi connectivity index (χ0n) is 13.0. The molecule has 0 fully saturated rings. The van der Waals surface area contributed by atoms with Gasteiger partial charge in [0, 0.05) is 5.92 Å². The number of hydrogen-bond donors (Lipinski definition) is 1. The highest BCUT2D eigenvalue weighted by atomic mass is 16.5. The van der Waals surface area contributed by atoms with Gasteiger partial charge in [0.05, 0.1) is 12.5 Å². The molecular formula is C15H25NO4. The van der Waals surface area contributed by atoms with Gasteiger partial charge in [-0.3, -0.25) is 14.4 Å². The first-order valence-corrected chi connectivity index (χ1v) is 6.67. The summed E-state index contributed by atoms with van der Waals surface area (Å²) in [5.74, 6) is -1.43. The summed E-state index contributed by atoms with van der Waals surface area (Å²) >= 11 is 0. The third-order valence-corrected chi connectivity index (χ3v) is 2.84. The van der Waals surface area contributed by atoms with Crippen molar-refractivity contribution in [3.63, 3.8) is 0 Å². The Labute approximate surface area is 120 Å². The molecule has 114 valence electrons. The van der Waals surface area contributed by atoms with Crippen molar-refractivity contribution < 1.29 is 19.1 Å². The van der Waals surface area contributed by atoms with E-state index in [1.54, 1.807) is 6.92 Å². The first-order chi connectivity index (χ1) is 9.09. The Morgan fingerprint density at radius 1 is 1.30 bits per heavy atom. The number of esters is 1. The molecule has 5 nitrogen and oxygen atoms in total. The lowest BCUT2D eigenvalue weighted by molar-refractivity contribution is -0.145. The third-order valence-electron chi connectivity index (χ3n) is 2.84. The maximum absolute atomic E-state index is 12.0. The Kier molecular flexibility index (Phi) is 7.18. The minimum atomic E-state index is -0.568. The first kappa shape index (κ1) is 18.4. The number of carbonyl (C=O) groups is 3. The SMILES string of the molecule is C=CCOC(=O)C[C@@H](C)C(=O)N[C@H](C(C)=O)C(C)(C)C. The molecule has 1 amide bonds. The fourth-order valence-electron chi connectivity index (χ4n) is 1.77. The summed E-state index contributed by atoms with van der Waals surface area (Å²) in [6.07, 6.45) is 1.45. The molecule has 0 saturated heterocycles. The molecular weight excluding hydrogens is 258 g/mol. The largest absolute Gasteiger partial charge is 0.461 e. The molecule has 0 bridgehead atoms. The highest BCUT2D eigenvalue weighted by molar-refractivity contribution is 5.90. The zero-order chi connectivity index (χ0) is 15.9. The molecule has 0 aromatic carbocycles. The maximum Gasteiger partial charge on any atom is 0.306 e. The van der Waals surface area contributed by atoms with Gasteiger partial charge in [-0.05, 0) is 12.3 Å². The van der Waals surface area contributed by atoms with Crippen LogP contribution in [-0.2, 0) is 19.1 Å². The quantitative estimate of drug-likeness (QED) is 0.572. The van der Waals surface area contributed by atoms with E-state index in [9.17, 15) is 14.4 Å². The van der Waals surface area contributed by atoms with E-state index in [0.29, 0.717) is 0 Å². The molecule has 0 aromatic rings.